The van der Waals surface area contributed by atoms with Crippen molar-refractivity contribution in [1.82, 2.24) is 9.97 Å². The van der Waals surface area contributed by atoms with E-state index in [-0.39, 0.29) is 0 Å². The molecule has 0 fully saturated rings. The Bertz CT molecular complexity index is 1980. The molecule has 3 heterocycles. The molecule has 0 amide bonds. The van der Waals surface area contributed by atoms with E-state index in [4.69, 9.17) is 16.0 Å². The van der Waals surface area contributed by atoms with Crippen molar-refractivity contribution in [2.24, 2.45) is 0 Å². The first-order valence-corrected chi connectivity index (χ1v) is 12.0. The normalized spacial score (nSPS) is 11.2. The molecule has 0 saturated carbocycles. The van der Waals surface area contributed by atoms with Crippen molar-refractivity contribution in [3.05, 3.63) is 127 Å². The molecule has 7 rings (SSSR count). The Morgan fingerprint density at radius 2 is 1.32 bits per heavy atom. The number of aromatic nitrogens is 2. The molecule has 7 aromatic rings. The highest BCUT2D eigenvalue weighted by Crippen LogP contribution is 2.42. The number of fused-ring (bicyclic) bond motifs is 4. The number of nitrogens with zero attached hydrogens (tertiary/aromatic N) is 3. The van der Waals surface area contributed by atoms with Gasteiger partial charge in [-0.3, -0.25) is 9.97 Å². The molecule has 172 valence electrons. The molecule has 0 radical (unpaired) electrons. The van der Waals surface area contributed by atoms with Crippen LogP contribution in [0, 0.1) is 6.57 Å². The van der Waals surface area contributed by atoms with Gasteiger partial charge in [-0.05, 0) is 34.5 Å². The smallest absolute Gasteiger partial charge is 0.194 e. The molecular formula is C33H19N3O. The van der Waals surface area contributed by atoms with E-state index in [1.807, 2.05) is 60.9 Å². The predicted molar refractivity (Wildman–Crippen MR) is 149 cm³/mol. The van der Waals surface area contributed by atoms with Crippen LogP contribution in [-0.2, 0) is 0 Å². The Morgan fingerprint density at radius 1 is 0.568 bits per heavy atom. The molecule has 0 atom stereocenters. The van der Waals surface area contributed by atoms with Crippen LogP contribution in [0.2, 0.25) is 0 Å². The molecule has 0 saturated heterocycles. The fourth-order valence-corrected chi connectivity index (χ4v) is 5.11. The van der Waals surface area contributed by atoms with Crippen LogP contribution in [0.1, 0.15) is 0 Å². The topological polar surface area (TPSA) is 43.3 Å². The van der Waals surface area contributed by atoms with Gasteiger partial charge in [0.25, 0.3) is 0 Å². The summed E-state index contributed by atoms with van der Waals surface area (Å²) in [5.74, 6) is 0. The van der Waals surface area contributed by atoms with Gasteiger partial charge in [0.2, 0.25) is 0 Å². The van der Waals surface area contributed by atoms with Crippen LogP contribution >= 0.6 is 0 Å². The number of hydrogen-bond donors (Lipinski definition) is 0. The largest absolute Gasteiger partial charge is 0.455 e. The number of pyridine rings is 2. The Hall–Kier alpha value is -5.27. The molecule has 3 aromatic heterocycles. The second kappa shape index (κ2) is 8.44. The van der Waals surface area contributed by atoms with Gasteiger partial charge in [-0.2, -0.15) is 0 Å². The molecular weight excluding hydrogens is 454 g/mol. The standard InChI is InChI=1S/C33H19N3O/c1-34-31-17-15-25(24-8-2-3-9-26(24)31)27-11-5-13-29-28-12-4-10-23(32(28)37-33(27)29)21-14-16-30(36-20-21)22-7-6-18-35-19-22/h2-20H. The maximum absolute atomic E-state index is 7.57. The lowest BCUT2D eigenvalue weighted by Crippen LogP contribution is -1.86. The van der Waals surface area contributed by atoms with Crippen LogP contribution in [0.15, 0.2) is 120 Å². The van der Waals surface area contributed by atoms with Gasteiger partial charge in [0.15, 0.2) is 5.69 Å². The summed E-state index contributed by atoms with van der Waals surface area (Å²) in [5, 5.41) is 4.11. The van der Waals surface area contributed by atoms with Gasteiger partial charge in [0.1, 0.15) is 11.2 Å². The van der Waals surface area contributed by atoms with E-state index in [2.05, 4.69) is 58.4 Å². The monoisotopic (exact) mass is 473 g/mol. The molecule has 0 aliphatic heterocycles. The molecule has 0 bridgehead atoms. The summed E-state index contributed by atoms with van der Waals surface area (Å²) in [7, 11) is 0. The highest BCUT2D eigenvalue weighted by molar-refractivity contribution is 6.15. The molecule has 0 N–H and O–H groups in total. The van der Waals surface area contributed by atoms with E-state index in [0.717, 1.165) is 66.2 Å². The van der Waals surface area contributed by atoms with Gasteiger partial charge in [0.05, 0.1) is 12.3 Å². The first kappa shape index (κ1) is 21.0. The Labute approximate surface area is 213 Å². The zero-order chi connectivity index (χ0) is 24.8. The summed E-state index contributed by atoms with van der Waals surface area (Å²) < 4.78 is 6.65. The highest BCUT2D eigenvalue weighted by Gasteiger charge is 2.17. The van der Waals surface area contributed by atoms with Crippen LogP contribution in [0.25, 0.3) is 71.1 Å². The summed E-state index contributed by atoms with van der Waals surface area (Å²) in [6.45, 7) is 7.57. The summed E-state index contributed by atoms with van der Waals surface area (Å²) in [5.41, 5.74) is 8.25. The lowest BCUT2D eigenvalue weighted by Gasteiger charge is -2.09. The summed E-state index contributed by atoms with van der Waals surface area (Å²) >= 11 is 0. The predicted octanol–water partition coefficient (Wildman–Crippen LogP) is 9.08. The van der Waals surface area contributed by atoms with Gasteiger partial charge in [-0.25, -0.2) is 4.85 Å². The van der Waals surface area contributed by atoms with Crippen LogP contribution < -0.4 is 0 Å². The minimum Gasteiger partial charge on any atom is -0.455 e. The number of para-hydroxylation sites is 2. The molecule has 4 nitrogen and oxygen atoms in total. The second-order valence-corrected chi connectivity index (χ2v) is 8.93. The molecule has 0 spiro atoms. The van der Waals surface area contributed by atoms with Crippen molar-refractivity contribution < 1.29 is 4.42 Å². The fraction of sp³-hybridized carbons (Fsp3) is 0. The summed E-state index contributed by atoms with van der Waals surface area (Å²) in [6, 6.07) is 32.5. The first-order chi connectivity index (χ1) is 18.3. The van der Waals surface area contributed by atoms with Gasteiger partial charge >= 0.3 is 0 Å². The van der Waals surface area contributed by atoms with Gasteiger partial charge in [0, 0.05) is 51.6 Å². The van der Waals surface area contributed by atoms with E-state index < -0.39 is 0 Å². The van der Waals surface area contributed by atoms with Gasteiger partial charge in [-0.15, -0.1) is 0 Å². The third-order valence-electron chi connectivity index (χ3n) is 6.87. The van der Waals surface area contributed by atoms with Crippen molar-refractivity contribution in [2.45, 2.75) is 0 Å². The van der Waals surface area contributed by atoms with Crippen molar-refractivity contribution >= 4 is 38.4 Å². The average Bonchev–Trinajstić information content (AvgIpc) is 3.36. The van der Waals surface area contributed by atoms with E-state index in [9.17, 15) is 0 Å². The third kappa shape index (κ3) is 3.37. The Morgan fingerprint density at radius 3 is 2.05 bits per heavy atom. The van der Waals surface area contributed by atoms with Crippen molar-refractivity contribution in [2.75, 3.05) is 0 Å². The Kier molecular flexibility index (Phi) is 4.80. The highest BCUT2D eigenvalue weighted by atomic mass is 16.3. The molecule has 4 aromatic carbocycles. The average molecular weight is 474 g/mol. The quantitative estimate of drug-likeness (QED) is 0.240. The van der Waals surface area contributed by atoms with Crippen LogP contribution in [0.4, 0.5) is 5.69 Å². The van der Waals surface area contributed by atoms with E-state index in [0.29, 0.717) is 5.69 Å². The lowest BCUT2D eigenvalue weighted by atomic mass is 9.95. The number of furan rings is 1. The minimum absolute atomic E-state index is 0.653. The lowest BCUT2D eigenvalue weighted by molar-refractivity contribution is 0.671. The van der Waals surface area contributed by atoms with Crippen molar-refractivity contribution in [3.8, 4) is 33.5 Å². The van der Waals surface area contributed by atoms with Crippen molar-refractivity contribution in [3.63, 3.8) is 0 Å². The number of rotatable bonds is 3. The summed E-state index contributed by atoms with van der Waals surface area (Å²) in [4.78, 5) is 12.6. The third-order valence-corrected chi connectivity index (χ3v) is 6.87. The second-order valence-electron chi connectivity index (χ2n) is 8.93. The molecule has 37 heavy (non-hydrogen) atoms. The van der Waals surface area contributed by atoms with Crippen molar-refractivity contribution in [1.29, 1.82) is 0 Å². The van der Waals surface area contributed by atoms with Gasteiger partial charge < -0.3 is 4.42 Å². The number of hydrogen-bond acceptors (Lipinski definition) is 3. The molecule has 0 aliphatic rings. The Balaban J connectivity index is 1.42. The molecule has 0 aliphatic carbocycles. The minimum atomic E-state index is 0.653. The fourth-order valence-electron chi connectivity index (χ4n) is 5.11. The molecule has 4 heteroatoms. The maximum Gasteiger partial charge on any atom is 0.194 e. The van der Waals surface area contributed by atoms with Crippen LogP contribution in [-0.4, -0.2) is 9.97 Å². The maximum atomic E-state index is 7.57. The van der Waals surface area contributed by atoms with Crippen LogP contribution in [0.5, 0.6) is 0 Å². The van der Waals surface area contributed by atoms with Crippen LogP contribution in [0.3, 0.4) is 0 Å². The zero-order valence-corrected chi connectivity index (χ0v) is 19.7. The van der Waals surface area contributed by atoms with E-state index in [1.165, 1.54) is 0 Å². The summed E-state index contributed by atoms with van der Waals surface area (Å²) in [6.07, 6.45) is 5.47. The van der Waals surface area contributed by atoms with E-state index in [1.54, 1.807) is 6.20 Å². The number of benzene rings is 4. The first-order valence-electron chi connectivity index (χ1n) is 12.0. The van der Waals surface area contributed by atoms with Gasteiger partial charge in [-0.1, -0.05) is 78.9 Å². The van der Waals surface area contributed by atoms with E-state index >= 15 is 0 Å². The molecule has 0 unspecified atom stereocenters. The SMILES string of the molecule is [C-]#[N+]c1ccc(-c2cccc3c2oc2c(-c4ccc(-c5cccnc5)nc4)cccc23)c2ccccc12. The zero-order valence-electron chi connectivity index (χ0n) is 19.7.